The number of hydrogen-bond donors (Lipinski definition) is 2. The Bertz CT molecular complexity index is 2790. The van der Waals surface area contributed by atoms with Gasteiger partial charge in [0.2, 0.25) is 0 Å². The summed E-state index contributed by atoms with van der Waals surface area (Å²) < 4.78 is 1.19. The Kier molecular flexibility index (Phi) is 6.68. The molecule has 6 heterocycles. The number of H-pyrrole nitrogens is 2. The number of para-hydroxylation sites is 3. The first-order chi connectivity index (χ1) is 24.8. The van der Waals surface area contributed by atoms with Crippen molar-refractivity contribution < 1.29 is 0 Å². The van der Waals surface area contributed by atoms with Gasteiger partial charge in [0, 0.05) is 78.5 Å². The van der Waals surface area contributed by atoms with Crippen LogP contribution in [0.1, 0.15) is 0 Å². The maximum absolute atomic E-state index is 5.36. The summed E-state index contributed by atoms with van der Waals surface area (Å²) in [6.45, 7) is 0. The molecule has 0 aliphatic heterocycles. The number of rotatable bonds is 6. The summed E-state index contributed by atoms with van der Waals surface area (Å²) in [5, 5.41) is 13.0. The zero-order chi connectivity index (χ0) is 33.0. The van der Waals surface area contributed by atoms with Gasteiger partial charge in [-0.1, -0.05) is 54.6 Å². The summed E-state index contributed by atoms with van der Waals surface area (Å²) in [6.07, 6.45) is 9.19. The molecule has 10 aromatic rings. The van der Waals surface area contributed by atoms with Gasteiger partial charge < -0.3 is 4.98 Å². The molecule has 0 fully saturated rings. The zero-order valence-corrected chi connectivity index (χ0v) is 27.8. The van der Waals surface area contributed by atoms with Gasteiger partial charge in [0.15, 0.2) is 0 Å². The second-order valence-electron chi connectivity index (χ2n) is 11.8. The molecule has 10 heteroatoms. The first kappa shape index (κ1) is 28.6. The molecule has 0 aliphatic rings. The van der Waals surface area contributed by atoms with Crippen LogP contribution >= 0.6 is 22.7 Å². The van der Waals surface area contributed by atoms with Gasteiger partial charge in [0.1, 0.15) is 10.8 Å². The maximum atomic E-state index is 5.36. The van der Waals surface area contributed by atoms with Crippen molar-refractivity contribution in [2.24, 2.45) is 0 Å². The van der Waals surface area contributed by atoms with Gasteiger partial charge in [0.25, 0.3) is 0 Å². The molecule has 8 nitrogen and oxygen atoms in total. The average molecular weight is 681 g/mol. The van der Waals surface area contributed by atoms with Gasteiger partial charge >= 0.3 is 0 Å². The van der Waals surface area contributed by atoms with Crippen LogP contribution in [-0.4, -0.2) is 40.1 Å². The second-order valence-corrected chi connectivity index (χ2v) is 13.7. The molecule has 2 N–H and O–H groups in total. The standard InChI is InChI=1S/C40H24N8S2/c1-3-9-25-23(7-1)13-14-28(46-25)33-35(30-22-44-26-10-4-5-11-27(26)47-30)34(29-15-16-45-48-29)37(39-41-17-18-42-39)38(40-43-19-20-49-40)36(33)32-21-24-8-2-6-12-31(24)50-32/h1-22H,(H,41,42)(H,45,48). The largest absolute Gasteiger partial charge is 0.345 e. The SMILES string of the molecule is c1ccc2nc(-c3c(-c4cnc5ccccc5n4)c(-c4cc[nH]n4)c(-c4ncc[nH]4)c(-c4nccs4)c3-c3cc4ccccc4s3)ccc2c1. The van der Waals surface area contributed by atoms with Crippen molar-refractivity contribution in [1.29, 1.82) is 0 Å². The van der Waals surface area contributed by atoms with E-state index < -0.39 is 0 Å². The van der Waals surface area contributed by atoms with Gasteiger partial charge in [0.05, 0.1) is 39.8 Å². The smallest absolute Gasteiger partial charge is 0.138 e. The van der Waals surface area contributed by atoms with E-state index in [-0.39, 0.29) is 0 Å². The Morgan fingerprint density at radius 3 is 2.12 bits per heavy atom. The number of pyridine rings is 1. The van der Waals surface area contributed by atoms with Crippen LogP contribution in [0.2, 0.25) is 0 Å². The molecule has 0 atom stereocenters. The molecule has 6 aromatic heterocycles. The van der Waals surface area contributed by atoms with Crippen molar-refractivity contribution in [3.8, 4) is 66.2 Å². The molecule has 0 bridgehead atoms. The predicted molar refractivity (Wildman–Crippen MR) is 203 cm³/mol. The van der Waals surface area contributed by atoms with Crippen LogP contribution in [-0.2, 0) is 0 Å². The molecule has 236 valence electrons. The van der Waals surface area contributed by atoms with Crippen LogP contribution in [0.25, 0.3) is 98.2 Å². The molecule has 0 saturated heterocycles. The number of thiazole rings is 1. The Labute approximate surface area is 293 Å². The van der Waals surface area contributed by atoms with Gasteiger partial charge in [-0.15, -0.1) is 22.7 Å². The van der Waals surface area contributed by atoms with Gasteiger partial charge in [-0.2, -0.15) is 5.10 Å². The van der Waals surface area contributed by atoms with Gasteiger partial charge in [-0.25, -0.2) is 19.9 Å². The normalized spacial score (nSPS) is 11.6. The summed E-state index contributed by atoms with van der Waals surface area (Å²) in [4.78, 5) is 29.9. The number of hydrogen-bond acceptors (Lipinski definition) is 8. The summed E-state index contributed by atoms with van der Waals surface area (Å²) in [5.41, 5.74) is 10.2. The van der Waals surface area contributed by atoms with E-state index in [9.17, 15) is 0 Å². The first-order valence-corrected chi connectivity index (χ1v) is 17.7. The maximum Gasteiger partial charge on any atom is 0.138 e. The van der Waals surface area contributed by atoms with Crippen LogP contribution in [0.4, 0.5) is 0 Å². The Morgan fingerprint density at radius 2 is 1.32 bits per heavy atom. The Balaban J connectivity index is 1.48. The third-order valence-electron chi connectivity index (χ3n) is 8.87. The van der Waals surface area contributed by atoms with Crippen molar-refractivity contribution in [2.75, 3.05) is 0 Å². The monoisotopic (exact) mass is 680 g/mol. The average Bonchev–Trinajstić information content (AvgIpc) is 4.01. The topological polar surface area (TPSA) is 109 Å². The van der Waals surface area contributed by atoms with Crippen molar-refractivity contribution in [3.63, 3.8) is 0 Å². The van der Waals surface area contributed by atoms with Crippen LogP contribution in [0.3, 0.4) is 0 Å². The van der Waals surface area contributed by atoms with E-state index in [0.29, 0.717) is 11.5 Å². The number of nitrogens with zero attached hydrogens (tertiary/aromatic N) is 6. The summed E-state index contributed by atoms with van der Waals surface area (Å²) >= 11 is 3.35. The van der Waals surface area contributed by atoms with E-state index >= 15 is 0 Å². The lowest BCUT2D eigenvalue weighted by Crippen LogP contribution is -2.04. The number of fused-ring (bicyclic) bond motifs is 3. The Morgan fingerprint density at radius 1 is 0.540 bits per heavy atom. The molecule has 0 saturated carbocycles. The summed E-state index contributed by atoms with van der Waals surface area (Å²) in [7, 11) is 0. The van der Waals surface area contributed by atoms with E-state index in [1.54, 1.807) is 28.9 Å². The molecule has 0 spiro atoms. The fourth-order valence-corrected chi connectivity index (χ4v) is 8.57. The molecular formula is C40H24N8S2. The summed E-state index contributed by atoms with van der Waals surface area (Å²) in [6, 6.07) is 33.2. The predicted octanol–water partition coefficient (Wildman–Crippen LogP) is 10.3. The lowest BCUT2D eigenvalue weighted by Gasteiger charge is -2.24. The number of aromatic nitrogens is 8. The highest BCUT2D eigenvalue weighted by Crippen LogP contribution is 2.56. The summed E-state index contributed by atoms with van der Waals surface area (Å²) in [5.74, 6) is 0.698. The number of aromatic amines is 2. The van der Waals surface area contributed by atoms with E-state index in [1.165, 1.54) is 4.70 Å². The molecular weight excluding hydrogens is 657 g/mol. The number of thiophene rings is 1. The lowest BCUT2D eigenvalue weighted by atomic mass is 9.81. The fourth-order valence-electron chi connectivity index (χ4n) is 6.75. The van der Waals surface area contributed by atoms with Crippen LogP contribution in [0.15, 0.2) is 133 Å². The first-order valence-electron chi connectivity index (χ1n) is 16.0. The van der Waals surface area contributed by atoms with Crippen LogP contribution in [0, 0.1) is 0 Å². The molecule has 4 aromatic carbocycles. The number of benzene rings is 4. The van der Waals surface area contributed by atoms with Crippen molar-refractivity contribution >= 4 is 54.7 Å². The number of nitrogens with one attached hydrogen (secondary N) is 2. The highest BCUT2D eigenvalue weighted by molar-refractivity contribution is 7.22. The van der Waals surface area contributed by atoms with Gasteiger partial charge in [-0.3, -0.25) is 10.1 Å². The van der Waals surface area contributed by atoms with Crippen molar-refractivity contribution in [1.82, 2.24) is 40.1 Å². The zero-order valence-electron chi connectivity index (χ0n) is 26.2. The number of imidazole rings is 1. The molecule has 0 unspecified atom stereocenters. The third-order valence-corrected chi connectivity index (χ3v) is 10.8. The molecule has 10 rings (SSSR count). The van der Waals surface area contributed by atoms with Gasteiger partial charge in [-0.05, 0) is 47.9 Å². The van der Waals surface area contributed by atoms with Crippen LogP contribution < -0.4 is 0 Å². The second kappa shape index (κ2) is 11.7. The molecule has 0 amide bonds. The lowest BCUT2D eigenvalue weighted by molar-refractivity contribution is 1.09. The van der Waals surface area contributed by atoms with E-state index in [4.69, 9.17) is 30.0 Å². The quantitative estimate of drug-likeness (QED) is 0.181. The van der Waals surface area contributed by atoms with E-state index in [1.807, 2.05) is 72.6 Å². The molecule has 50 heavy (non-hydrogen) atoms. The minimum absolute atomic E-state index is 0.698. The third kappa shape index (κ3) is 4.65. The highest BCUT2D eigenvalue weighted by atomic mass is 32.1. The Hall–Kier alpha value is -6.36. The van der Waals surface area contributed by atoms with E-state index in [2.05, 4.69) is 64.7 Å². The van der Waals surface area contributed by atoms with Crippen molar-refractivity contribution in [3.05, 3.63) is 133 Å². The minimum atomic E-state index is 0.698. The minimum Gasteiger partial charge on any atom is -0.345 e. The van der Waals surface area contributed by atoms with Crippen molar-refractivity contribution in [2.45, 2.75) is 0 Å². The molecule has 0 radical (unpaired) electrons. The fraction of sp³-hybridized carbons (Fsp3) is 0. The van der Waals surface area contributed by atoms with E-state index in [0.717, 1.165) is 82.0 Å². The highest BCUT2D eigenvalue weighted by Gasteiger charge is 2.33. The molecule has 0 aliphatic carbocycles. The van der Waals surface area contributed by atoms with Crippen LogP contribution in [0.5, 0.6) is 0 Å².